The maximum absolute atomic E-state index is 13.9. The predicted molar refractivity (Wildman–Crippen MR) is 71.7 cm³/mol. The Morgan fingerprint density at radius 3 is 2.40 bits per heavy atom. The maximum atomic E-state index is 13.9. The average Bonchev–Trinajstić information content (AvgIpc) is 2.85. The van der Waals surface area contributed by atoms with Crippen LogP contribution in [-0.2, 0) is 0 Å². The lowest BCUT2D eigenvalue weighted by Gasteiger charge is -2.09. The summed E-state index contributed by atoms with van der Waals surface area (Å²) in [6.45, 7) is 0. The van der Waals surface area contributed by atoms with Crippen LogP contribution in [0.5, 0.6) is 0 Å². The summed E-state index contributed by atoms with van der Waals surface area (Å²) in [7, 11) is 0. The summed E-state index contributed by atoms with van der Waals surface area (Å²) >= 11 is 5.95. The van der Waals surface area contributed by atoms with E-state index in [0.29, 0.717) is 11.4 Å². The Hall–Kier alpha value is -2.27. The standard InChI is InChI=1S/C14H8ClF2N3/c15-14-19-18-13(9-5-2-1-3-6-9)20(14)11-8-4-7-10(16)12(11)17/h1-8H. The molecule has 100 valence electrons. The number of aromatic nitrogens is 3. The molecule has 3 aromatic rings. The van der Waals surface area contributed by atoms with Crippen LogP contribution in [0.3, 0.4) is 0 Å². The Labute approximate surface area is 118 Å². The molecule has 1 heterocycles. The average molecular weight is 292 g/mol. The first-order valence-corrected chi connectivity index (χ1v) is 6.17. The number of rotatable bonds is 2. The van der Waals surface area contributed by atoms with E-state index in [1.54, 1.807) is 12.1 Å². The van der Waals surface area contributed by atoms with Gasteiger partial charge in [-0.2, -0.15) is 0 Å². The van der Waals surface area contributed by atoms with Gasteiger partial charge in [0.15, 0.2) is 17.5 Å². The quantitative estimate of drug-likeness (QED) is 0.717. The van der Waals surface area contributed by atoms with Gasteiger partial charge in [0.1, 0.15) is 0 Å². The number of halogens is 3. The van der Waals surface area contributed by atoms with Crippen molar-refractivity contribution in [2.75, 3.05) is 0 Å². The molecule has 0 N–H and O–H groups in total. The molecular formula is C14H8ClF2N3. The number of benzene rings is 2. The van der Waals surface area contributed by atoms with Crippen LogP contribution in [0.15, 0.2) is 48.5 Å². The summed E-state index contributed by atoms with van der Waals surface area (Å²) in [6.07, 6.45) is 0. The number of hydrogen-bond donors (Lipinski definition) is 0. The SMILES string of the molecule is Fc1cccc(-n2c(Cl)nnc2-c2ccccc2)c1F. The van der Waals surface area contributed by atoms with Crippen LogP contribution in [0.2, 0.25) is 5.28 Å². The zero-order valence-electron chi connectivity index (χ0n) is 10.1. The second kappa shape index (κ2) is 5.02. The first-order valence-electron chi connectivity index (χ1n) is 5.79. The second-order valence-electron chi connectivity index (χ2n) is 4.07. The summed E-state index contributed by atoms with van der Waals surface area (Å²) in [5.74, 6) is -1.60. The molecule has 0 unspecified atom stereocenters. The van der Waals surface area contributed by atoms with Crippen molar-refractivity contribution in [1.29, 1.82) is 0 Å². The molecule has 3 nitrogen and oxygen atoms in total. The Balaban J connectivity index is 2.25. The van der Waals surface area contributed by atoms with Crippen LogP contribution in [-0.4, -0.2) is 14.8 Å². The van der Waals surface area contributed by atoms with Gasteiger partial charge >= 0.3 is 0 Å². The fourth-order valence-corrected chi connectivity index (χ4v) is 2.13. The Morgan fingerprint density at radius 1 is 0.900 bits per heavy atom. The van der Waals surface area contributed by atoms with E-state index >= 15 is 0 Å². The van der Waals surface area contributed by atoms with E-state index in [9.17, 15) is 8.78 Å². The minimum absolute atomic E-state index is 0.0288. The molecule has 0 radical (unpaired) electrons. The van der Waals surface area contributed by atoms with Gasteiger partial charge in [0, 0.05) is 5.56 Å². The minimum Gasteiger partial charge on any atom is -0.263 e. The molecule has 0 amide bonds. The molecule has 0 bridgehead atoms. The molecule has 3 rings (SSSR count). The van der Waals surface area contributed by atoms with Crippen LogP contribution in [0.4, 0.5) is 8.78 Å². The van der Waals surface area contributed by atoms with Crippen molar-refractivity contribution in [2.24, 2.45) is 0 Å². The molecule has 0 atom stereocenters. The van der Waals surface area contributed by atoms with Crippen LogP contribution in [0.25, 0.3) is 17.1 Å². The molecule has 0 aliphatic heterocycles. The summed E-state index contributed by atoms with van der Waals surface area (Å²) in [5, 5.41) is 7.62. The van der Waals surface area contributed by atoms with Gasteiger partial charge in [0.05, 0.1) is 5.69 Å². The van der Waals surface area contributed by atoms with Crippen molar-refractivity contribution in [3.05, 3.63) is 65.4 Å². The zero-order valence-corrected chi connectivity index (χ0v) is 10.9. The van der Waals surface area contributed by atoms with Gasteiger partial charge in [-0.3, -0.25) is 4.57 Å². The maximum Gasteiger partial charge on any atom is 0.230 e. The molecule has 0 aliphatic carbocycles. The van der Waals surface area contributed by atoms with E-state index in [2.05, 4.69) is 10.2 Å². The highest BCUT2D eigenvalue weighted by molar-refractivity contribution is 6.28. The third-order valence-corrected chi connectivity index (χ3v) is 3.07. The van der Waals surface area contributed by atoms with Gasteiger partial charge < -0.3 is 0 Å². The molecule has 6 heteroatoms. The van der Waals surface area contributed by atoms with Crippen molar-refractivity contribution in [3.63, 3.8) is 0 Å². The van der Waals surface area contributed by atoms with Gasteiger partial charge in [-0.1, -0.05) is 36.4 Å². The molecule has 0 saturated heterocycles. The lowest BCUT2D eigenvalue weighted by molar-refractivity contribution is 0.504. The summed E-state index contributed by atoms with van der Waals surface area (Å²) in [6, 6.07) is 12.9. The van der Waals surface area contributed by atoms with E-state index in [0.717, 1.165) is 6.07 Å². The molecular weight excluding hydrogens is 284 g/mol. The van der Waals surface area contributed by atoms with Crippen LogP contribution >= 0.6 is 11.6 Å². The highest BCUT2D eigenvalue weighted by Gasteiger charge is 2.18. The monoisotopic (exact) mass is 291 g/mol. The lowest BCUT2D eigenvalue weighted by atomic mass is 10.2. The first-order chi connectivity index (χ1) is 9.68. The number of nitrogens with zero attached hydrogens (tertiary/aromatic N) is 3. The fourth-order valence-electron chi connectivity index (χ4n) is 1.92. The van der Waals surface area contributed by atoms with Gasteiger partial charge in [-0.05, 0) is 23.7 Å². The third-order valence-electron chi connectivity index (χ3n) is 2.83. The van der Waals surface area contributed by atoms with E-state index < -0.39 is 11.6 Å². The third kappa shape index (κ3) is 2.06. The summed E-state index contributed by atoms with van der Waals surface area (Å²) in [4.78, 5) is 0. The highest BCUT2D eigenvalue weighted by atomic mass is 35.5. The largest absolute Gasteiger partial charge is 0.263 e. The molecule has 0 spiro atoms. The van der Waals surface area contributed by atoms with E-state index in [4.69, 9.17) is 11.6 Å². The fraction of sp³-hybridized carbons (Fsp3) is 0. The lowest BCUT2D eigenvalue weighted by Crippen LogP contribution is -2.02. The Bertz CT molecular complexity index is 756. The van der Waals surface area contributed by atoms with Crippen molar-refractivity contribution in [3.8, 4) is 17.1 Å². The predicted octanol–water partition coefficient (Wildman–Crippen LogP) is 3.87. The Morgan fingerprint density at radius 2 is 1.65 bits per heavy atom. The van der Waals surface area contributed by atoms with Crippen molar-refractivity contribution >= 4 is 11.6 Å². The highest BCUT2D eigenvalue weighted by Crippen LogP contribution is 2.27. The molecule has 0 fully saturated rings. The van der Waals surface area contributed by atoms with Gasteiger partial charge in [-0.25, -0.2) is 8.78 Å². The second-order valence-corrected chi connectivity index (χ2v) is 4.41. The molecule has 1 aromatic heterocycles. The normalized spacial score (nSPS) is 10.8. The van der Waals surface area contributed by atoms with Crippen molar-refractivity contribution in [2.45, 2.75) is 0 Å². The van der Waals surface area contributed by atoms with Crippen molar-refractivity contribution < 1.29 is 8.78 Å². The van der Waals surface area contributed by atoms with E-state index in [1.165, 1.54) is 16.7 Å². The topological polar surface area (TPSA) is 30.7 Å². The number of hydrogen-bond acceptors (Lipinski definition) is 2. The van der Waals surface area contributed by atoms with E-state index in [1.807, 2.05) is 18.2 Å². The van der Waals surface area contributed by atoms with Crippen LogP contribution < -0.4 is 0 Å². The first kappa shape index (κ1) is 12.7. The van der Waals surface area contributed by atoms with E-state index in [-0.39, 0.29) is 11.0 Å². The molecule has 0 aliphatic rings. The van der Waals surface area contributed by atoms with Gasteiger partial charge in [0.25, 0.3) is 0 Å². The Kier molecular flexibility index (Phi) is 3.20. The molecule has 2 aromatic carbocycles. The minimum atomic E-state index is -0.994. The van der Waals surface area contributed by atoms with Crippen LogP contribution in [0, 0.1) is 11.6 Å². The van der Waals surface area contributed by atoms with Gasteiger partial charge in [-0.15, -0.1) is 10.2 Å². The summed E-state index contributed by atoms with van der Waals surface area (Å²) < 4.78 is 28.6. The van der Waals surface area contributed by atoms with Gasteiger partial charge in [0.2, 0.25) is 5.28 Å². The molecule has 0 saturated carbocycles. The van der Waals surface area contributed by atoms with Crippen LogP contribution in [0.1, 0.15) is 0 Å². The summed E-state index contributed by atoms with van der Waals surface area (Å²) in [5.41, 5.74) is 0.675. The smallest absolute Gasteiger partial charge is 0.230 e. The molecule has 20 heavy (non-hydrogen) atoms. The van der Waals surface area contributed by atoms with Crippen molar-refractivity contribution in [1.82, 2.24) is 14.8 Å². The zero-order chi connectivity index (χ0) is 14.1.